The molecule has 30 heavy (non-hydrogen) atoms. The number of nitrogens with one attached hydrogen (secondary N) is 1. The van der Waals surface area contributed by atoms with Gasteiger partial charge in [0, 0.05) is 35.7 Å². The van der Waals surface area contributed by atoms with Gasteiger partial charge in [-0.15, -0.1) is 10.2 Å². The Morgan fingerprint density at radius 2 is 1.97 bits per heavy atom. The van der Waals surface area contributed by atoms with Crippen molar-refractivity contribution in [3.05, 3.63) is 59.4 Å². The molecule has 0 unspecified atom stereocenters. The maximum Gasteiger partial charge on any atom is 0.259 e. The van der Waals surface area contributed by atoms with Crippen molar-refractivity contribution < 1.29 is 9.53 Å². The Morgan fingerprint density at radius 1 is 1.10 bits per heavy atom. The van der Waals surface area contributed by atoms with Crippen LogP contribution in [0.3, 0.4) is 0 Å². The number of fused-ring (bicyclic) bond motifs is 2. The lowest BCUT2D eigenvalue weighted by Crippen LogP contribution is -2.14. The van der Waals surface area contributed by atoms with Crippen LogP contribution in [0.1, 0.15) is 60.8 Å². The Morgan fingerprint density at radius 3 is 2.87 bits per heavy atom. The van der Waals surface area contributed by atoms with Crippen molar-refractivity contribution in [1.82, 2.24) is 14.8 Å². The summed E-state index contributed by atoms with van der Waals surface area (Å²) in [7, 11) is 0. The predicted molar refractivity (Wildman–Crippen MR) is 116 cm³/mol. The summed E-state index contributed by atoms with van der Waals surface area (Å²) in [5, 5.41) is 11.9. The summed E-state index contributed by atoms with van der Waals surface area (Å²) in [6.45, 7) is 5.11. The van der Waals surface area contributed by atoms with Crippen molar-refractivity contribution in [3.63, 3.8) is 0 Å². The molecule has 6 heteroatoms. The Kier molecular flexibility index (Phi) is 4.77. The van der Waals surface area contributed by atoms with Gasteiger partial charge in [0.25, 0.3) is 5.91 Å². The van der Waals surface area contributed by atoms with Crippen molar-refractivity contribution in [2.45, 2.75) is 58.1 Å². The van der Waals surface area contributed by atoms with Crippen LogP contribution in [0, 0.1) is 0 Å². The molecule has 0 bridgehead atoms. The number of benzene rings is 2. The molecular weight excluding hydrogens is 376 g/mol. The highest BCUT2D eigenvalue weighted by Gasteiger charge is 2.31. The number of carbonyl (C=O) groups is 1. The van der Waals surface area contributed by atoms with Crippen molar-refractivity contribution in [3.8, 4) is 17.1 Å². The molecule has 2 aromatic carbocycles. The summed E-state index contributed by atoms with van der Waals surface area (Å²) in [4.78, 5) is 13.0. The Labute approximate surface area is 176 Å². The molecule has 3 aromatic rings. The van der Waals surface area contributed by atoms with E-state index in [1.54, 1.807) is 0 Å². The summed E-state index contributed by atoms with van der Waals surface area (Å²) >= 11 is 0. The minimum absolute atomic E-state index is 0.0699. The predicted octanol–water partition coefficient (Wildman–Crippen LogP) is 4.81. The lowest BCUT2D eigenvalue weighted by molar-refractivity contribution is 0.102. The van der Waals surface area contributed by atoms with E-state index in [4.69, 9.17) is 4.74 Å². The standard InChI is InChI=1S/C24H26N4O2/c1-15-16(2)30-22-19(15)10-7-11-20(22)24(29)25-18-9-6-8-17(14-18)23-27-26-21-12-4-3-5-13-28(21)23/h6-11,14-16H,3-5,12-13H2,1-2H3,(H,25,29)/t15-,16+/m0/s1. The molecule has 6 nitrogen and oxygen atoms in total. The van der Waals surface area contributed by atoms with Gasteiger partial charge in [-0.3, -0.25) is 4.79 Å². The zero-order valence-corrected chi connectivity index (χ0v) is 17.4. The maximum atomic E-state index is 13.0. The van der Waals surface area contributed by atoms with E-state index < -0.39 is 0 Å². The molecule has 0 fully saturated rings. The lowest BCUT2D eigenvalue weighted by Gasteiger charge is -2.11. The van der Waals surface area contributed by atoms with Crippen LogP contribution < -0.4 is 10.1 Å². The molecule has 2 atom stereocenters. The van der Waals surface area contributed by atoms with Crippen molar-refractivity contribution >= 4 is 11.6 Å². The van der Waals surface area contributed by atoms with Crippen LogP contribution in [0.4, 0.5) is 5.69 Å². The number of nitrogens with zero attached hydrogens (tertiary/aromatic N) is 3. The lowest BCUT2D eigenvalue weighted by atomic mass is 9.97. The maximum absolute atomic E-state index is 13.0. The van der Waals surface area contributed by atoms with E-state index in [-0.39, 0.29) is 17.9 Å². The van der Waals surface area contributed by atoms with Crippen LogP contribution in [-0.4, -0.2) is 26.8 Å². The van der Waals surface area contributed by atoms with Crippen LogP contribution >= 0.6 is 0 Å². The molecule has 0 saturated carbocycles. The number of para-hydroxylation sites is 1. The monoisotopic (exact) mass is 402 g/mol. The van der Waals surface area contributed by atoms with Gasteiger partial charge in [0.2, 0.25) is 0 Å². The second-order valence-corrected chi connectivity index (χ2v) is 8.27. The minimum Gasteiger partial charge on any atom is -0.489 e. The molecule has 1 aromatic heterocycles. The molecular formula is C24H26N4O2. The van der Waals surface area contributed by atoms with Crippen LogP contribution in [-0.2, 0) is 13.0 Å². The fourth-order valence-electron chi connectivity index (χ4n) is 4.40. The fourth-order valence-corrected chi connectivity index (χ4v) is 4.40. The van der Waals surface area contributed by atoms with Gasteiger partial charge in [-0.2, -0.15) is 0 Å². The van der Waals surface area contributed by atoms with E-state index in [0.717, 1.165) is 54.3 Å². The van der Waals surface area contributed by atoms with E-state index in [1.165, 1.54) is 6.42 Å². The van der Waals surface area contributed by atoms with Gasteiger partial charge in [-0.25, -0.2) is 0 Å². The molecule has 0 saturated heterocycles. The first-order valence-electron chi connectivity index (χ1n) is 10.8. The van der Waals surface area contributed by atoms with E-state index in [1.807, 2.05) is 49.4 Å². The van der Waals surface area contributed by atoms with Crippen molar-refractivity contribution in [2.24, 2.45) is 0 Å². The number of rotatable bonds is 3. The fraction of sp³-hybridized carbons (Fsp3) is 0.375. The number of aromatic nitrogens is 3. The van der Waals surface area contributed by atoms with Crippen LogP contribution in [0.5, 0.6) is 5.75 Å². The first-order chi connectivity index (χ1) is 14.6. The van der Waals surface area contributed by atoms with Gasteiger partial charge in [0.15, 0.2) is 5.82 Å². The number of hydrogen-bond donors (Lipinski definition) is 1. The largest absolute Gasteiger partial charge is 0.489 e. The average molecular weight is 402 g/mol. The summed E-state index contributed by atoms with van der Waals surface area (Å²) in [6, 6.07) is 13.6. The number of ether oxygens (including phenoxy) is 1. The van der Waals surface area contributed by atoms with Gasteiger partial charge in [-0.1, -0.05) is 37.6 Å². The summed E-state index contributed by atoms with van der Waals surface area (Å²) in [6.07, 6.45) is 4.57. The first-order valence-corrected chi connectivity index (χ1v) is 10.8. The highest BCUT2D eigenvalue weighted by Crippen LogP contribution is 2.40. The van der Waals surface area contributed by atoms with Gasteiger partial charge in [0.05, 0.1) is 5.56 Å². The Hall–Kier alpha value is -3.15. The van der Waals surface area contributed by atoms with Crippen molar-refractivity contribution in [1.29, 1.82) is 0 Å². The zero-order valence-electron chi connectivity index (χ0n) is 17.4. The number of anilines is 1. The molecule has 1 N–H and O–H groups in total. The summed E-state index contributed by atoms with van der Waals surface area (Å²) < 4.78 is 8.20. The van der Waals surface area contributed by atoms with Crippen LogP contribution in [0.2, 0.25) is 0 Å². The van der Waals surface area contributed by atoms with Gasteiger partial charge >= 0.3 is 0 Å². The Balaban J connectivity index is 1.42. The number of hydrogen-bond acceptors (Lipinski definition) is 4. The van der Waals surface area contributed by atoms with Gasteiger partial charge < -0.3 is 14.6 Å². The van der Waals surface area contributed by atoms with Crippen molar-refractivity contribution in [2.75, 3.05) is 5.32 Å². The first kappa shape index (κ1) is 18.9. The normalized spacial score (nSPS) is 20.1. The Bertz CT molecular complexity index is 1100. The zero-order chi connectivity index (χ0) is 20.7. The quantitative estimate of drug-likeness (QED) is 0.683. The van der Waals surface area contributed by atoms with E-state index >= 15 is 0 Å². The second-order valence-electron chi connectivity index (χ2n) is 8.27. The van der Waals surface area contributed by atoms with Gasteiger partial charge in [-0.05, 0) is 38.0 Å². The van der Waals surface area contributed by atoms with Crippen LogP contribution in [0.15, 0.2) is 42.5 Å². The van der Waals surface area contributed by atoms with Crippen LogP contribution in [0.25, 0.3) is 11.4 Å². The number of carbonyl (C=O) groups excluding carboxylic acids is 1. The van der Waals surface area contributed by atoms with E-state index in [0.29, 0.717) is 11.3 Å². The number of amides is 1. The molecule has 0 radical (unpaired) electrons. The third-order valence-electron chi connectivity index (χ3n) is 6.28. The highest BCUT2D eigenvalue weighted by atomic mass is 16.5. The molecule has 1 amide bonds. The third kappa shape index (κ3) is 3.26. The molecule has 2 aliphatic heterocycles. The summed E-state index contributed by atoms with van der Waals surface area (Å²) in [5.74, 6) is 2.74. The highest BCUT2D eigenvalue weighted by molar-refractivity contribution is 6.06. The molecule has 3 heterocycles. The molecule has 5 rings (SSSR count). The summed E-state index contributed by atoms with van der Waals surface area (Å²) in [5.41, 5.74) is 3.37. The topological polar surface area (TPSA) is 69.0 Å². The minimum atomic E-state index is -0.162. The SMILES string of the molecule is C[C@@H]1c2cccc(C(=O)Nc3cccc(-c4nnc5n4CCCCC5)c3)c2O[C@@H]1C. The van der Waals surface area contributed by atoms with E-state index in [9.17, 15) is 4.79 Å². The van der Waals surface area contributed by atoms with Gasteiger partial charge in [0.1, 0.15) is 17.7 Å². The molecule has 0 spiro atoms. The van der Waals surface area contributed by atoms with E-state index in [2.05, 4.69) is 27.0 Å². The average Bonchev–Trinajstić information content (AvgIpc) is 3.19. The molecule has 2 aliphatic rings. The third-order valence-corrected chi connectivity index (χ3v) is 6.28. The smallest absolute Gasteiger partial charge is 0.259 e. The molecule has 0 aliphatic carbocycles. The second kappa shape index (κ2) is 7.59. The molecule has 154 valence electrons. The number of aryl methyl sites for hydroxylation is 1.